The van der Waals surface area contributed by atoms with Crippen LogP contribution < -0.4 is 0 Å². The number of hydrogen-bond acceptors (Lipinski definition) is 0. The van der Waals surface area contributed by atoms with E-state index in [0.29, 0.717) is 0 Å². The van der Waals surface area contributed by atoms with E-state index < -0.39 is 0 Å². The van der Waals surface area contributed by atoms with Crippen LogP contribution in [0.1, 0.15) is 11.1 Å². The van der Waals surface area contributed by atoms with Crippen LogP contribution in [0.4, 0.5) is 14.1 Å². The first-order valence-corrected chi connectivity index (χ1v) is 3.36. The summed E-state index contributed by atoms with van der Waals surface area (Å²) in [7, 11) is 0. The van der Waals surface area contributed by atoms with Gasteiger partial charge in [-0.1, -0.05) is 30.8 Å². The van der Waals surface area contributed by atoms with Crippen molar-refractivity contribution in [1.82, 2.24) is 0 Å². The molecule has 0 aliphatic carbocycles. The van der Waals surface area contributed by atoms with Crippen molar-refractivity contribution in [3.8, 4) is 0 Å². The van der Waals surface area contributed by atoms with Crippen molar-refractivity contribution < 1.29 is 14.1 Å². The second kappa shape index (κ2) is 6.91. The number of halogens is 3. The molecule has 71 valence electrons. The highest BCUT2D eigenvalue weighted by Gasteiger charge is 1.94. The van der Waals surface area contributed by atoms with Crippen LogP contribution in [-0.4, -0.2) is 0 Å². The molecule has 0 saturated carbocycles. The van der Waals surface area contributed by atoms with Gasteiger partial charge in [-0.25, -0.2) is 0 Å². The van der Waals surface area contributed by atoms with Crippen LogP contribution in [-0.2, 0) is 0 Å². The van der Waals surface area contributed by atoms with Gasteiger partial charge in [-0.15, -0.1) is 0 Å². The molecule has 0 unspecified atom stereocenters. The Morgan fingerprint density at radius 1 is 0.917 bits per heavy atom. The average molecular weight is 197 g/mol. The Morgan fingerprint density at radius 3 is 1.50 bits per heavy atom. The van der Waals surface area contributed by atoms with E-state index in [-0.39, 0.29) is 14.1 Å². The van der Waals surface area contributed by atoms with Gasteiger partial charge in [0.05, 0.1) is 0 Å². The molecular formula is C8H12F3S. The molecule has 0 aliphatic rings. The molecule has 0 amide bonds. The summed E-state index contributed by atoms with van der Waals surface area (Å²) in [5.41, 5.74) is 2.40. The molecule has 0 N–H and O–H groups in total. The van der Waals surface area contributed by atoms with Crippen LogP contribution in [0.2, 0.25) is 0 Å². The Labute approximate surface area is 75.5 Å². The first-order valence-electron chi connectivity index (χ1n) is 2.95. The minimum Gasteiger partial charge on any atom is -0.269 e. The Bertz CT molecular complexity index is 205. The summed E-state index contributed by atoms with van der Waals surface area (Å²) in [5, 5.41) is 0. The predicted octanol–water partition coefficient (Wildman–Crippen LogP) is 3.32. The highest BCUT2D eigenvalue weighted by atomic mass is 32.1. The summed E-state index contributed by atoms with van der Waals surface area (Å²) in [6.45, 7) is 4.07. The third-order valence-electron chi connectivity index (χ3n) is 1.41. The van der Waals surface area contributed by atoms with Gasteiger partial charge in [0.2, 0.25) is 0 Å². The molecule has 0 heterocycles. The Kier molecular flexibility index (Phi) is 9.99. The SMILES string of the molecule is Cc1cccc(C)c1[S].F.F.F. The Hall–Kier alpha value is -0.770. The summed E-state index contributed by atoms with van der Waals surface area (Å²) in [6.07, 6.45) is 0. The van der Waals surface area contributed by atoms with Gasteiger partial charge in [0.15, 0.2) is 0 Å². The largest absolute Gasteiger partial charge is 0.269 e. The number of aryl methyl sites for hydroxylation is 2. The van der Waals surface area contributed by atoms with Crippen LogP contribution in [0.15, 0.2) is 23.1 Å². The van der Waals surface area contributed by atoms with E-state index in [1.807, 2.05) is 32.0 Å². The normalized spacial score (nSPS) is 7.17. The van der Waals surface area contributed by atoms with Gasteiger partial charge in [0.25, 0.3) is 0 Å². The van der Waals surface area contributed by atoms with Crippen molar-refractivity contribution in [2.24, 2.45) is 0 Å². The van der Waals surface area contributed by atoms with E-state index >= 15 is 0 Å². The quantitative estimate of drug-likeness (QED) is 0.598. The lowest BCUT2D eigenvalue weighted by atomic mass is 10.2. The van der Waals surface area contributed by atoms with Gasteiger partial charge in [-0.3, -0.25) is 14.1 Å². The molecular weight excluding hydrogens is 185 g/mol. The monoisotopic (exact) mass is 197 g/mol. The molecule has 0 spiro atoms. The van der Waals surface area contributed by atoms with Gasteiger partial charge in [0.1, 0.15) is 0 Å². The van der Waals surface area contributed by atoms with E-state index in [4.69, 9.17) is 12.6 Å². The fraction of sp³-hybridized carbons (Fsp3) is 0.250. The first kappa shape index (κ1) is 17.4. The molecule has 1 aromatic carbocycles. The lowest BCUT2D eigenvalue weighted by molar-refractivity contribution is 1.11. The molecule has 0 saturated heterocycles. The van der Waals surface area contributed by atoms with Gasteiger partial charge >= 0.3 is 0 Å². The van der Waals surface area contributed by atoms with E-state index in [1.165, 1.54) is 11.1 Å². The van der Waals surface area contributed by atoms with Crippen LogP contribution in [0.5, 0.6) is 0 Å². The molecule has 4 heteroatoms. The van der Waals surface area contributed by atoms with Crippen LogP contribution in [0.3, 0.4) is 0 Å². The molecule has 1 radical (unpaired) electrons. The molecule has 0 fully saturated rings. The topological polar surface area (TPSA) is 0 Å². The van der Waals surface area contributed by atoms with Crippen molar-refractivity contribution in [2.45, 2.75) is 18.7 Å². The summed E-state index contributed by atoms with van der Waals surface area (Å²) in [5.74, 6) is 0. The van der Waals surface area contributed by atoms with Gasteiger partial charge < -0.3 is 0 Å². The van der Waals surface area contributed by atoms with Crippen molar-refractivity contribution in [3.63, 3.8) is 0 Å². The molecule has 0 aromatic heterocycles. The van der Waals surface area contributed by atoms with E-state index in [1.54, 1.807) is 0 Å². The van der Waals surface area contributed by atoms with Crippen molar-refractivity contribution >= 4 is 12.6 Å². The molecule has 0 bridgehead atoms. The maximum Gasteiger partial charge on any atom is 0.0435 e. The summed E-state index contributed by atoms with van der Waals surface area (Å²) < 4.78 is 0. The average Bonchev–Trinajstić information content (AvgIpc) is 1.83. The zero-order chi connectivity index (χ0) is 6.85. The van der Waals surface area contributed by atoms with Crippen molar-refractivity contribution in [1.29, 1.82) is 0 Å². The zero-order valence-corrected chi connectivity index (χ0v) is 7.68. The van der Waals surface area contributed by atoms with Crippen molar-refractivity contribution in [3.05, 3.63) is 29.3 Å². The predicted molar refractivity (Wildman–Crippen MR) is 49.3 cm³/mol. The fourth-order valence-electron chi connectivity index (χ4n) is 0.799. The standard InChI is InChI=1S/C8H9S.3FH/c1-6-4-3-5-7(2)8(6)9;;;/h3-5H,1-2H3;3*1H. The Morgan fingerprint density at radius 2 is 1.25 bits per heavy atom. The van der Waals surface area contributed by atoms with Gasteiger partial charge in [-0.2, -0.15) is 0 Å². The summed E-state index contributed by atoms with van der Waals surface area (Å²) >= 11 is 5.09. The third kappa shape index (κ3) is 3.57. The number of rotatable bonds is 0. The minimum absolute atomic E-state index is 0. The molecule has 0 aliphatic heterocycles. The van der Waals surface area contributed by atoms with Crippen molar-refractivity contribution in [2.75, 3.05) is 0 Å². The van der Waals surface area contributed by atoms with E-state index in [2.05, 4.69) is 0 Å². The summed E-state index contributed by atoms with van der Waals surface area (Å²) in [4.78, 5) is 0.998. The molecule has 0 atom stereocenters. The van der Waals surface area contributed by atoms with Crippen LogP contribution >= 0.6 is 12.6 Å². The van der Waals surface area contributed by atoms with E-state index in [0.717, 1.165) is 4.90 Å². The molecule has 12 heavy (non-hydrogen) atoms. The zero-order valence-electron chi connectivity index (χ0n) is 6.87. The van der Waals surface area contributed by atoms with Crippen LogP contribution in [0, 0.1) is 13.8 Å². The number of benzene rings is 1. The molecule has 1 aromatic rings. The highest BCUT2D eigenvalue weighted by Crippen LogP contribution is 2.16. The summed E-state index contributed by atoms with van der Waals surface area (Å²) in [6, 6.07) is 6.10. The second-order valence-corrected chi connectivity index (χ2v) is 2.63. The maximum atomic E-state index is 5.09. The van der Waals surface area contributed by atoms with E-state index in [9.17, 15) is 0 Å². The second-order valence-electron chi connectivity index (χ2n) is 2.22. The van der Waals surface area contributed by atoms with Gasteiger partial charge in [-0.05, 0) is 25.0 Å². The molecule has 1 rings (SSSR count). The third-order valence-corrected chi connectivity index (χ3v) is 2.05. The minimum atomic E-state index is 0. The first-order chi connectivity index (χ1) is 4.22. The van der Waals surface area contributed by atoms with Crippen LogP contribution in [0.25, 0.3) is 0 Å². The smallest absolute Gasteiger partial charge is 0.0435 e. The lowest BCUT2D eigenvalue weighted by Crippen LogP contribution is -1.78. The fourth-order valence-corrected chi connectivity index (χ4v) is 0.935. The molecule has 0 nitrogen and oxygen atoms in total. The lowest BCUT2D eigenvalue weighted by Gasteiger charge is -1.98. The number of hydrogen-bond donors (Lipinski definition) is 0. The Balaban J connectivity index is -0.000000270. The van der Waals surface area contributed by atoms with Gasteiger partial charge in [0, 0.05) is 4.90 Å². The maximum absolute atomic E-state index is 5.09. The highest BCUT2D eigenvalue weighted by molar-refractivity contribution is 7.80.